The molecular weight excluding hydrogens is 296 g/mol. The normalized spacial score (nSPS) is 13.2. The van der Waals surface area contributed by atoms with Gasteiger partial charge in [-0.15, -0.1) is 0 Å². The number of aliphatic hydroxyl groups is 1. The largest absolute Gasteiger partial charge is 0.490 e. The summed E-state index contributed by atoms with van der Waals surface area (Å²) in [5.41, 5.74) is 0.535. The van der Waals surface area contributed by atoms with Crippen molar-refractivity contribution in [2.24, 2.45) is 0 Å². The van der Waals surface area contributed by atoms with E-state index in [2.05, 4.69) is 5.32 Å². The minimum Gasteiger partial charge on any atom is -0.490 e. The van der Waals surface area contributed by atoms with Gasteiger partial charge in [0.15, 0.2) is 5.75 Å². The van der Waals surface area contributed by atoms with E-state index in [1.807, 2.05) is 30.3 Å². The number of hydrogen-bond donors (Lipinski definition) is 2. The van der Waals surface area contributed by atoms with Gasteiger partial charge in [-0.05, 0) is 25.0 Å². The van der Waals surface area contributed by atoms with Crippen molar-refractivity contribution >= 4 is 11.4 Å². The van der Waals surface area contributed by atoms with E-state index in [1.54, 1.807) is 19.1 Å². The first-order valence-corrected chi connectivity index (χ1v) is 7.28. The maximum Gasteiger partial charge on any atom is 0.311 e. The van der Waals surface area contributed by atoms with Gasteiger partial charge in [-0.25, -0.2) is 0 Å². The Balaban J connectivity index is 2.00. The van der Waals surface area contributed by atoms with Crippen LogP contribution in [-0.2, 0) is 5.60 Å². The Hall–Kier alpha value is -2.60. The van der Waals surface area contributed by atoms with E-state index in [0.29, 0.717) is 18.7 Å². The first-order valence-electron chi connectivity index (χ1n) is 7.28. The molecule has 0 aliphatic heterocycles. The van der Waals surface area contributed by atoms with Gasteiger partial charge in [0, 0.05) is 24.4 Å². The molecule has 23 heavy (non-hydrogen) atoms. The summed E-state index contributed by atoms with van der Waals surface area (Å²) in [6.07, 6.45) is 0.496. The molecule has 0 bridgehead atoms. The minimum atomic E-state index is -0.945. The van der Waals surface area contributed by atoms with Crippen LogP contribution in [0.3, 0.4) is 0 Å². The Bertz CT molecular complexity index is 672. The SMILES string of the molecule is COc1cc(NCCC(C)(O)c2ccccc2)ccc1[N+](=O)[O-]. The minimum absolute atomic E-state index is 0.0747. The van der Waals surface area contributed by atoms with E-state index in [0.717, 1.165) is 5.56 Å². The topological polar surface area (TPSA) is 84.6 Å². The predicted octanol–water partition coefficient (Wildman–Crippen LogP) is 3.31. The molecule has 2 aromatic carbocycles. The van der Waals surface area contributed by atoms with Gasteiger partial charge in [-0.3, -0.25) is 10.1 Å². The highest BCUT2D eigenvalue weighted by Gasteiger charge is 2.22. The molecule has 1 unspecified atom stereocenters. The first-order chi connectivity index (χ1) is 10.9. The molecule has 0 saturated heterocycles. The quantitative estimate of drug-likeness (QED) is 0.604. The molecule has 6 nitrogen and oxygen atoms in total. The second-order valence-corrected chi connectivity index (χ2v) is 5.46. The fourth-order valence-corrected chi connectivity index (χ4v) is 2.33. The van der Waals surface area contributed by atoms with Gasteiger partial charge in [0.25, 0.3) is 0 Å². The number of methoxy groups -OCH3 is 1. The van der Waals surface area contributed by atoms with E-state index in [-0.39, 0.29) is 11.4 Å². The Morgan fingerprint density at radius 2 is 1.96 bits per heavy atom. The summed E-state index contributed by atoms with van der Waals surface area (Å²) in [5, 5.41) is 24.5. The standard InChI is InChI=1S/C17H20N2O4/c1-17(20,13-6-4-3-5-7-13)10-11-18-14-8-9-15(19(21)22)16(12-14)23-2/h3-9,12,18,20H,10-11H2,1-2H3. The van der Waals surface area contributed by atoms with Gasteiger partial charge in [0.05, 0.1) is 17.6 Å². The second-order valence-electron chi connectivity index (χ2n) is 5.46. The number of anilines is 1. The zero-order valence-electron chi connectivity index (χ0n) is 13.2. The number of nitrogens with zero attached hydrogens (tertiary/aromatic N) is 1. The number of benzene rings is 2. The van der Waals surface area contributed by atoms with E-state index >= 15 is 0 Å². The van der Waals surface area contributed by atoms with Crippen molar-refractivity contribution in [2.45, 2.75) is 18.9 Å². The molecule has 0 spiro atoms. The number of nitro groups is 1. The smallest absolute Gasteiger partial charge is 0.311 e. The maximum absolute atomic E-state index is 10.9. The van der Waals surface area contributed by atoms with Crippen molar-refractivity contribution < 1.29 is 14.8 Å². The van der Waals surface area contributed by atoms with Crippen LogP contribution in [0.15, 0.2) is 48.5 Å². The van der Waals surface area contributed by atoms with Crippen molar-refractivity contribution in [3.8, 4) is 5.75 Å². The van der Waals surface area contributed by atoms with Crippen molar-refractivity contribution in [3.05, 3.63) is 64.2 Å². The molecular formula is C17H20N2O4. The number of rotatable bonds is 7. The molecule has 2 N–H and O–H groups in total. The lowest BCUT2D eigenvalue weighted by molar-refractivity contribution is -0.385. The Morgan fingerprint density at radius 3 is 2.57 bits per heavy atom. The molecule has 122 valence electrons. The molecule has 0 aliphatic rings. The zero-order valence-corrected chi connectivity index (χ0v) is 13.2. The maximum atomic E-state index is 10.9. The summed E-state index contributed by atoms with van der Waals surface area (Å²) in [5.74, 6) is 0.204. The third-order valence-corrected chi connectivity index (χ3v) is 3.71. The van der Waals surface area contributed by atoms with Gasteiger partial charge in [-0.2, -0.15) is 0 Å². The monoisotopic (exact) mass is 316 g/mol. The molecule has 0 saturated carbocycles. The highest BCUT2D eigenvalue weighted by Crippen LogP contribution is 2.30. The van der Waals surface area contributed by atoms with Crippen LogP contribution in [0.1, 0.15) is 18.9 Å². The van der Waals surface area contributed by atoms with Gasteiger partial charge >= 0.3 is 5.69 Å². The van der Waals surface area contributed by atoms with Gasteiger partial charge in [0.2, 0.25) is 0 Å². The fraction of sp³-hybridized carbons (Fsp3) is 0.294. The third-order valence-electron chi connectivity index (χ3n) is 3.71. The van der Waals surface area contributed by atoms with Gasteiger partial charge < -0.3 is 15.2 Å². The highest BCUT2D eigenvalue weighted by molar-refractivity contribution is 5.57. The van der Waals surface area contributed by atoms with Crippen LogP contribution in [0, 0.1) is 10.1 Å². The predicted molar refractivity (Wildman–Crippen MR) is 88.8 cm³/mol. The Kier molecular flexibility index (Phi) is 5.18. The van der Waals surface area contributed by atoms with Crippen LogP contribution in [0.5, 0.6) is 5.75 Å². The van der Waals surface area contributed by atoms with Crippen LogP contribution < -0.4 is 10.1 Å². The third kappa shape index (κ3) is 4.20. The van der Waals surface area contributed by atoms with Crippen molar-refractivity contribution in [3.63, 3.8) is 0 Å². The molecule has 2 aromatic rings. The van der Waals surface area contributed by atoms with Crippen LogP contribution >= 0.6 is 0 Å². The van der Waals surface area contributed by atoms with Crippen LogP contribution in [-0.4, -0.2) is 23.7 Å². The van der Waals surface area contributed by atoms with Crippen molar-refractivity contribution in [1.29, 1.82) is 0 Å². The first kappa shape index (κ1) is 16.8. The Morgan fingerprint density at radius 1 is 1.26 bits per heavy atom. The molecule has 0 fully saturated rings. The molecule has 0 radical (unpaired) electrons. The summed E-state index contributed by atoms with van der Waals surface area (Å²) in [7, 11) is 1.40. The van der Waals surface area contributed by atoms with E-state index in [1.165, 1.54) is 13.2 Å². The summed E-state index contributed by atoms with van der Waals surface area (Å²) in [4.78, 5) is 10.4. The molecule has 1 atom stereocenters. The molecule has 0 aromatic heterocycles. The van der Waals surface area contributed by atoms with Crippen molar-refractivity contribution in [2.75, 3.05) is 19.0 Å². The summed E-state index contributed by atoms with van der Waals surface area (Å²) in [6, 6.07) is 14.0. The molecule has 0 aliphatic carbocycles. The average Bonchev–Trinajstić information content (AvgIpc) is 2.55. The van der Waals surface area contributed by atoms with Crippen LogP contribution in [0.4, 0.5) is 11.4 Å². The summed E-state index contributed by atoms with van der Waals surface area (Å²) >= 11 is 0. The fourth-order valence-electron chi connectivity index (χ4n) is 2.33. The van der Waals surface area contributed by atoms with E-state index < -0.39 is 10.5 Å². The average molecular weight is 316 g/mol. The zero-order chi connectivity index (χ0) is 16.9. The Labute approximate surface area is 134 Å². The number of nitro benzene ring substituents is 1. The summed E-state index contributed by atoms with van der Waals surface area (Å²) in [6.45, 7) is 2.28. The highest BCUT2D eigenvalue weighted by atomic mass is 16.6. The van der Waals surface area contributed by atoms with Gasteiger partial charge in [0.1, 0.15) is 0 Å². The van der Waals surface area contributed by atoms with Gasteiger partial charge in [-0.1, -0.05) is 30.3 Å². The van der Waals surface area contributed by atoms with Crippen LogP contribution in [0.25, 0.3) is 0 Å². The van der Waals surface area contributed by atoms with E-state index in [9.17, 15) is 15.2 Å². The lowest BCUT2D eigenvalue weighted by Gasteiger charge is -2.24. The molecule has 0 amide bonds. The van der Waals surface area contributed by atoms with E-state index in [4.69, 9.17) is 4.74 Å². The summed E-state index contributed by atoms with van der Waals surface area (Å²) < 4.78 is 5.03. The number of nitrogens with one attached hydrogen (secondary N) is 1. The molecule has 0 heterocycles. The second kappa shape index (κ2) is 7.11. The molecule has 2 rings (SSSR count). The lowest BCUT2D eigenvalue weighted by atomic mass is 9.92. The van der Waals surface area contributed by atoms with Crippen LogP contribution in [0.2, 0.25) is 0 Å². The molecule has 6 heteroatoms. The van der Waals surface area contributed by atoms with Crippen molar-refractivity contribution in [1.82, 2.24) is 0 Å². The lowest BCUT2D eigenvalue weighted by Crippen LogP contribution is -2.24. The number of ether oxygens (including phenoxy) is 1. The number of hydrogen-bond acceptors (Lipinski definition) is 5.